The molecule has 0 aromatic heterocycles. The fraction of sp³-hybridized carbons (Fsp3) is 0.143. The molecule has 0 N–H and O–H groups in total. The average Bonchev–Trinajstić information content (AvgIpc) is 3.58. The lowest BCUT2D eigenvalue weighted by molar-refractivity contribution is 0.873. The molecule has 0 spiro atoms. The molecule has 0 amide bonds. The van der Waals surface area contributed by atoms with Crippen molar-refractivity contribution in [3.8, 4) is 0 Å². The quantitative estimate of drug-likeness (QED) is 0.168. The Morgan fingerprint density at radius 1 is 0.378 bits per heavy atom. The first-order chi connectivity index (χ1) is 20.9. The predicted octanol–water partition coefficient (Wildman–Crippen LogP) is 7.84. The Labute approximate surface area is 282 Å². The van der Waals surface area contributed by atoms with Crippen molar-refractivity contribution in [2.24, 2.45) is 0 Å². The highest BCUT2D eigenvalue weighted by Gasteiger charge is 2.26. The molecule has 0 radical (unpaired) electrons. The highest BCUT2D eigenvalue weighted by Crippen LogP contribution is 2.35. The predicted molar refractivity (Wildman–Crippen MR) is 207 cm³/mol. The van der Waals surface area contributed by atoms with E-state index < -0.39 is 0 Å². The fourth-order valence-electron chi connectivity index (χ4n) is 6.62. The van der Waals surface area contributed by atoms with Crippen molar-refractivity contribution in [2.45, 2.75) is 37.8 Å². The largest absolute Gasteiger partial charge is 0.147 e. The van der Waals surface area contributed by atoms with Gasteiger partial charge in [-0.1, -0.05) is 171 Å². The zero-order chi connectivity index (χ0) is 29.9. The van der Waals surface area contributed by atoms with E-state index in [0.717, 1.165) is 0 Å². The summed E-state index contributed by atoms with van der Waals surface area (Å²) in [6, 6.07) is 47.7. The minimum absolute atomic E-state index is 0. The second kappa shape index (κ2) is 14.5. The first-order valence-corrected chi connectivity index (χ1v) is 18.3. The minimum Gasteiger partial charge on any atom is -0.147 e. The smallest absolute Gasteiger partial charge is 0.0307 e. The van der Waals surface area contributed by atoms with Crippen molar-refractivity contribution >= 4 is 80.2 Å². The van der Waals surface area contributed by atoms with Gasteiger partial charge in [-0.05, 0) is 67.4 Å². The maximum Gasteiger partial charge on any atom is 0.0307 e. The maximum absolute atomic E-state index is 2.38. The molecule has 0 fully saturated rings. The highest BCUT2D eigenvalue weighted by atomic mass is 35.5. The Morgan fingerprint density at radius 3 is 0.978 bits per heavy atom. The van der Waals surface area contributed by atoms with Crippen LogP contribution in [0.1, 0.15) is 25.0 Å². The van der Waals surface area contributed by atoms with E-state index in [9.17, 15) is 0 Å². The number of rotatable bonds is 2. The van der Waals surface area contributed by atoms with Crippen LogP contribution in [-0.4, -0.2) is 9.52 Å². The molecule has 3 heteroatoms. The molecule has 8 rings (SSSR count). The average molecular weight is 646 g/mol. The summed E-state index contributed by atoms with van der Waals surface area (Å²) in [4.78, 5) is 0. The molecule has 0 bridgehead atoms. The Bertz CT molecular complexity index is 1940. The first-order valence-electron chi connectivity index (χ1n) is 15.5. The van der Waals surface area contributed by atoms with E-state index in [2.05, 4.69) is 185 Å². The van der Waals surface area contributed by atoms with Gasteiger partial charge in [0, 0.05) is 20.3 Å². The first kappa shape index (κ1) is 34.0. The van der Waals surface area contributed by atoms with Crippen LogP contribution in [0.5, 0.6) is 0 Å². The van der Waals surface area contributed by atoms with Gasteiger partial charge in [0.25, 0.3) is 0 Å². The summed E-state index contributed by atoms with van der Waals surface area (Å²) in [5.74, 6) is 0. The number of halogens is 2. The van der Waals surface area contributed by atoms with Gasteiger partial charge in [0.1, 0.15) is 0 Å². The summed E-state index contributed by atoms with van der Waals surface area (Å²) < 4.78 is 0. The number of benzene rings is 6. The number of fused-ring (bicyclic) bond motifs is 4. The molecule has 228 valence electrons. The van der Waals surface area contributed by atoms with Crippen molar-refractivity contribution in [1.82, 2.24) is 0 Å². The standard InChI is InChI=1S/2C20H16.C2H8Si.2ClH/c2*1-20(13-16-8-2-3-9-17(16)14-20)19-12-6-10-15-7-4-5-11-18(15)19;1-3-2;;/h2*2-14H,1H3;3H2,1-2H3;2*1H. The van der Waals surface area contributed by atoms with Crippen molar-refractivity contribution in [1.29, 1.82) is 0 Å². The van der Waals surface area contributed by atoms with Crippen molar-refractivity contribution in [3.05, 3.63) is 165 Å². The lowest BCUT2D eigenvalue weighted by Gasteiger charge is -2.22. The Balaban J connectivity index is 0.000000181. The minimum atomic E-state index is -0.0233. The summed E-state index contributed by atoms with van der Waals surface area (Å²) >= 11 is 0. The molecule has 0 atom stereocenters. The monoisotopic (exact) mass is 644 g/mol. The van der Waals surface area contributed by atoms with Crippen LogP contribution >= 0.6 is 24.8 Å². The molecule has 2 aliphatic carbocycles. The van der Waals surface area contributed by atoms with Gasteiger partial charge in [-0.3, -0.25) is 0 Å². The van der Waals surface area contributed by atoms with E-state index in [0.29, 0.717) is 9.52 Å². The number of hydrogen-bond donors (Lipinski definition) is 0. The SMILES string of the molecule is CC1(c2cccc3ccccc23)C=c2ccccc2=C1.CC1(c2cccc3ccccc23)C=c2ccccc2=C1.C[SiH2]C.Cl.Cl. The van der Waals surface area contributed by atoms with E-state index in [1.165, 1.54) is 53.5 Å². The van der Waals surface area contributed by atoms with Gasteiger partial charge in [0.2, 0.25) is 0 Å². The molecule has 6 aromatic carbocycles. The van der Waals surface area contributed by atoms with Crippen LogP contribution in [0, 0.1) is 0 Å². The van der Waals surface area contributed by atoms with Crippen molar-refractivity contribution in [3.63, 3.8) is 0 Å². The van der Waals surface area contributed by atoms with Gasteiger partial charge in [0.15, 0.2) is 0 Å². The van der Waals surface area contributed by atoms with E-state index >= 15 is 0 Å². The van der Waals surface area contributed by atoms with Crippen LogP contribution in [0.15, 0.2) is 133 Å². The fourth-order valence-corrected chi connectivity index (χ4v) is 6.62. The van der Waals surface area contributed by atoms with Gasteiger partial charge >= 0.3 is 0 Å². The van der Waals surface area contributed by atoms with Crippen LogP contribution < -0.4 is 20.9 Å². The normalized spacial score (nSPS) is 14.1. The zero-order valence-corrected chi connectivity index (χ0v) is 29.6. The molecule has 0 heterocycles. The molecule has 0 unspecified atom stereocenters. The molecule has 0 nitrogen and oxygen atoms in total. The van der Waals surface area contributed by atoms with Crippen molar-refractivity contribution in [2.75, 3.05) is 0 Å². The summed E-state index contributed by atoms with van der Waals surface area (Å²) in [6.07, 6.45) is 9.52. The van der Waals surface area contributed by atoms with Gasteiger partial charge in [0.05, 0.1) is 0 Å². The maximum atomic E-state index is 2.38. The molecule has 45 heavy (non-hydrogen) atoms. The molecule has 6 aromatic rings. The van der Waals surface area contributed by atoms with Crippen LogP contribution in [0.3, 0.4) is 0 Å². The van der Waals surface area contributed by atoms with E-state index in [1.54, 1.807) is 0 Å². The topological polar surface area (TPSA) is 0 Å². The molecule has 0 saturated carbocycles. The molecular formula is C42H42Cl2Si. The van der Waals surface area contributed by atoms with Crippen molar-refractivity contribution < 1.29 is 0 Å². The van der Waals surface area contributed by atoms with E-state index in [-0.39, 0.29) is 35.6 Å². The van der Waals surface area contributed by atoms with Crippen LogP contribution in [0.2, 0.25) is 13.1 Å². The van der Waals surface area contributed by atoms with Crippen LogP contribution in [0.25, 0.3) is 45.8 Å². The summed E-state index contributed by atoms with van der Waals surface area (Å²) in [5.41, 5.74) is 2.72. The Kier molecular flexibility index (Phi) is 10.9. The zero-order valence-electron chi connectivity index (χ0n) is 26.5. The lowest BCUT2D eigenvalue weighted by Crippen LogP contribution is -2.19. The number of hydrogen-bond acceptors (Lipinski definition) is 0. The molecule has 2 aliphatic rings. The van der Waals surface area contributed by atoms with Gasteiger partial charge < -0.3 is 0 Å². The van der Waals surface area contributed by atoms with Crippen LogP contribution in [-0.2, 0) is 10.8 Å². The summed E-state index contributed by atoms with van der Waals surface area (Å²) in [7, 11) is 0.417. The lowest BCUT2D eigenvalue weighted by atomic mass is 9.81. The van der Waals surface area contributed by atoms with E-state index in [1.807, 2.05) is 0 Å². The van der Waals surface area contributed by atoms with E-state index in [4.69, 9.17) is 0 Å². The second-order valence-corrected chi connectivity index (χ2v) is 13.6. The third-order valence-electron chi connectivity index (χ3n) is 8.55. The molecule has 0 aliphatic heterocycles. The molecular weight excluding hydrogens is 603 g/mol. The van der Waals surface area contributed by atoms with Gasteiger partial charge in [-0.2, -0.15) is 0 Å². The molecule has 0 saturated heterocycles. The van der Waals surface area contributed by atoms with Crippen LogP contribution in [0.4, 0.5) is 0 Å². The summed E-state index contributed by atoms with van der Waals surface area (Å²) in [6.45, 7) is 9.13. The summed E-state index contributed by atoms with van der Waals surface area (Å²) in [5, 5.41) is 10.7. The highest BCUT2D eigenvalue weighted by molar-refractivity contribution is 6.31. The van der Waals surface area contributed by atoms with Gasteiger partial charge in [-0.15, -0.1) is 24.8 Å². The second-order valence-electron chi connectivity index (χ2n) is 12.2. The van der Waals surface area contributed by atoms with Gasteiger partial charge in [-0.25, -0.2) is 0 Å². The third-order valence-corrected chi connectivity index (χ3v) is 8.55. The third kappa shape index (κ3) is 6.87. The Morgan fingerprint density at radius 2 is 0.644 bits per heavy atom. The Hall–Kier alpha value is -3.88.